The highest BCUT2D eigenvalue weighted by Gasteiger charge is 2.22. The first kappa shape index (κ1) is 83.7. The largest absolute Gasteiger partial charge is 0.463 e. The number of hydrogen-bond donors (Lipinski definition) is 0. The molecular formula is C88H100N12O6S4. The van der Waals surface area contributed by atoms with E-state index in [1.807, 2.05) is 128 Å². The van der Waals surface area contributed by atoms with E-state index in [1.165, 1.54) is 84.5 Å². The summed E-state index contributed by atoms with van der Waals surface area (Å²) in [7, 11) is 1.66. The highest BCUT2D eigenvalue weighted by molar-refractivity contribution is 7.23. The Bertz CT molecular complexity index is 5000. The number of fused-ring (bicyclic) bond motifs is 4. The highest BCUT2D eigenvalue weighted by atomic mass is 32.1. The van der Waals surface area contributed by atoms with Gasteiger partial charge in [0.1, 0.15) is 6.73 Å². The normalized spacial score (nSPS) is 11.4. The molecule has 0 unspecified atom stereocenters. The van der Waals surface area contributed by atoms with Crippen molar-refractivity contribution >= 4 is 149 Å². The van der Waals surface area contributed by atoms with E-state index < -0.39 is 5.97 Å². The number of ether oxygens (including phenoxy) is 3. The molecule has 22 heteroatoms. The maximum atomic E-state index is 13.1. The third-order valence-corrected chi connectivity index (χ3v) is 21.6. The van der Waals surface area contributed by atoms with Crippen molar-refractivity contribution in [3.05, 3.63) is 249 Å². The van der Waals surface area contributed by atoms with Crippen LogP contribution in [0, 0.1) is 55.4 Å². The molecule has 18 nitrogen and oxygen atoms in total. The van der Waals surface area contributed by atoms with Crippen molar-refractivity contribution in [1.82, 2.24) is 19.9 Å². The lowest BCUT2D eigenvalue weighted by molar-refractivity contribution is -0.138. The SMILES string of the molecule is C=CC(=O)OCCCCCC(=O)N(/N=C/c1cc(C)ccc1C)c1nc2ccccc2s1.CCCCCCCC(=O)N(/N=C/c1cc(C)ccc1C)c1nc2ccccc2s1.COCCOCN(/N=C/c1cc(C)ccc1C)c1nc2ccccc2s1.Cc1ccc(C)c(/C=N/N(c2nc3ccccc3s2)C(C)C)c1. The molecule has 0 aliphatic carbocycles. The number of nitrogens with zero attached hydrogens (tertiary/aromatic N) is 12. The Labute approximate surface area is 663 Å². The van der Waals surface area contributed by atoms with Gasteiger partial charge >= 0.3 is 5.97 Å². The molecule has 110 heavy (non-hydrogen) atoms. The molecule has 0 radical (unpaired) electrons. The van der Waals surface area contributed by atoms with Crippen LogP contribution in [-0.4, -0.2) is 102 Å². The first-order chi connectivity index (χ1) is 53.3. The maximum absolute atomic E-state index is 13.1. The zero-order chi connectivity index (χ0) is 78.3. The van der Waals surface area contributed by atoms with E-state index in [4.69, 9.17) is 24.3 Å². The molecule has 0 bridgehead atoms. The lowest BCUT2D eigenvalue weighted by Crippen LogP contribution is -2.25. The van der Waals surface area contributed by atoms with Crippen LogP contribution in [0.25, 0.3) is 40.9 Å². The number of aromatic nitrogens is 4. The molecule has 0 N–H and O–H groups in total. The van der Waals surface area contributed by atoms with E-state index >= 15 is 0 Å². The number of unbranched alkanes of at least 4 members (excludes halogenated alkanes) is 6. The van der Waals surface area contributed by atoms with Crippen LogP contribution < -0.4 is 20.0 Å². The molecule has 572 valence electrons. The third-order valence-electron chi connectivity index (χ3n) is 17.5. The van der Waals surface area contributed by atoms with Gasteiger partial charge in [-0.2, -0.15) is 30.4 Å². The number of rotatable bonds is 31. The molecule has 0 fully saturated rings. The summed E-state index contributed by atoms with van der Waals surface area (Å²) in [5.41, 5.74) is 17.4. The van der Waals surface area contributed by atoms with Crippen LogP contribution in [0.5, 0.6) is 0 Å². The number of para-hydroxylation sites is 4. The van der Waals surface area contributed by atoms with Crippen molar-refractivity contribution in [2.24, 2.45) is 20.4 Å². The zero-order valence-electron chi connectivity index (χ0n) is 65.2. The molecule has 12 rings (SSSR count). The van der Waals surface area contributed by atoms with Gasteiger partial charge in [0.2, 0.25) is 32.3 Å². The average Bonchev–Trinajstić information content (AvgIpc) is 1.68. The molecule has 4 aromatic heterocycles. The van der Waals surface area contributed by atoms with E-state index in [-0.39, 0.29) is 17.9 Å². The summed E-state index contributed by atoms with van der Waals surface area (Å²) in [4.78, 5) is 55.8. The third kappa shape index (κ3) is 25.4. The summed E-state index contributed by atoms with van der Waals surface area (Å²) in [6.45, 7) is 28.1. The summed E-state index contributed by atoms with van der Waals surface area (Å²) in [6.07, 6.45) is 17.0. The van der Waals surface area contributed by atoms with Crippen molar-refractivity contribution in [1.29, 1.82) is 0 Å². The lowest BCUT2D eigenvalue weighted by atomic mass is 10.1. The Morgan fingerprint density at radius 3 is 1.20 bits per heavy atom. The first-order valence-corrected chi connectivity index (χ1v) is 40.5. The minimum atomic E-state index is -0.427. The van der Waals surface area contributed by atoms with Gasteiger partial charge in [-0.05, 0) is 188 Å². The average molecular weight is 1550 g/mol. The number of aryl methyl sites for hydroxylation is 8. The number of benzene rings is 8. The number of hydrogen-bond acceptors (Lipinski definition) is 20. The number of anilines is 4. The summed E-state index contributed by atoms with van der Waals surface area (Å²) >= 11 is 6.23. The lowest BCUT2D eigenvalue weighted by Gasteiger charge is -2.20. The van der Waals surface area contributed by atoms with E-state index in [2.05, 4.69) is 172 Å². The molecule has 0 atom stereocenters. The molecule has 4 heterocycles. The molecule has 0 aliphatic rings. The van der Waals surface area contributed by atoms with Gasteiger partial charge in [-0.1, -0.05) is 228 Å². The van der Waals surface area contributed by atoms with Crippen LogP contribution >= 0.6 is 45.3 Å². The highest BCUT2D eigenvalue weighted by Crippen LogP contribution is 2.34. The first-order valence-electron chi connectivity index (χ1n) is 37.2. The Hall–Kier alpha value is -10.3. The zero-order valence-corrected chi connectivity index (χ0v) is 68.5. The maximum Gasteiger partial charge on any atom is 0.330 e. The molecule has 2 amide bonds. The Morgan fingerprint density at radius 1 is 0.436 bits per heavy atom. The van der Waals surface area contributed by atoms with Gasteiger partial charge in [-0.3, -0.25) is 9.59 Å². The van der Waals surface area contributed by atoms with Crippen LogP contribution in [0.2, 0.25) is 0 Å². The fourth-order valence-corrected chi connectivity index (χ4v) is 14.9. The fourth-order valence-electron chi connectivity index (χ4n) is 11.1. The quantitative estimate of drug-likeness (QED) is 0.00998. The predicted molar refractivity (Wildman–Crippen MR) is 463 cm³/mol. The number of thiazole rings is 4. The number of carbonyl (C=O) groups is 3. The van der Waals surface area contributed by atoms with E-state index in [9.17, 15) is 14.4 Å². The van der Waals surface area contributed by atoms with Gasteiger partial charge in [-0.25, -0.2) is 34.7 Å². The van der Waals surface area contributed by atoms with Crippen LogP contribution in [-0.2, 0) is 28.6 Å². The van der Waals surface area contributed by atoms with Crippen molar-refractivity contribution in [3.8, 4) is 0 Å². The second-order valence-corrected chi connectivity index (χ2v) is 30.9. The summed E-state index contributed by atoms with van der Waals surface area (Å²) in [5.74, 6) is -0.542. The van der Waals surface area contributed by atoms with Crippen LogP contribution in [0.4, 0.5) is 20.5 Å². The topological polar surface area (TPSA) is 193 Å². The second-order valence-electron chi connectivity index (χ2n) is 26.9. The standard InChI is InChI=1S/C25H27N3O3S.C24H29N3OS.C20H23N3O2S.C19H21N3S/c1-4-24(30)31-15-9-5-6-12-23(29)28(25-27-21-10-7-8-11-22(21)32-25)26-17-20-16-18(2)13-14-19(20)3;1-4-5-6-7-8-13-23(28)27(24-26-21-11-9-10-12-22(21)29-24)25-17-20-16-18(2)14-15-19(20)3;1-15-8-9-16(2)17(12-15)13-21-23(14-25-11-10-24-3)20-22-18-6-4-5-7-19(18)26-20;1-13(2)22(19-21-17-7-5-6-8-18(17)23-19)20-12-16-11-14(3)9-10-15(16)4/h4,7-8,10-11,13-14,16-17H,1,5-6,9,12,15H2,2-3H3;9-12,14-17H,4-8,13H2,1-3H3;4-9,12-13H,10-11,14H2,1-3H3;5-13H,1-4H3/b26-17+;25-17+;21-13+;20-12+. The minimum Gasteiger partial charge on any atom is -0.463 e. The van der Waals surface area contributed by atoms with Crippen molar-refractivity contribution in [2.75, 3.05) is 53.7 Å². The number of methoxy groups -OCH3 is 1. The number of carbonyl (C=O) groups excluding carboxylic acids is 3. The van der Waals surface area contributed by atoms with Crippen molar-refractivity contribution < 1.29 is 28.6 Å². The second kappa shape index (κ2) is 43.2. The molecule has 0 spiro atoms. The van der Waals surface area contributed by atoms with Gasteiger partial charge in [-0.15, -0.1) is 0 Å². The predicted octanol–water partition coefficient (Wildman–Crippen LogP) is 21.7. The van der Waals surface area contributed by atoms with Gasteiger partial charge in [0.15, 0.2) is 0 Å². The van der Waals surface area contributed by atoms with E-state index in [0.29, 0.717) is 62.5 Å². The minimum absolute atomic E-state index is 0.00195. The molecule has 0 saturated heterocycles. The number of esters is 1. The van der Waals surface area contributed by atoms with Crippen LogP contribution in [0.1, 0.15) is 152 Å². The van der Waals surface area contributed by atoms with Gasteiger partial charge in [0, 0.05) is 32.1 Å². The van der Waals surface area contributed by atoms with Crippen molar-refractivity contribution in [2.45, 2.75) is 146 Å². The Morgan fingerprint density at radius 2 is 0.800 bits per heavy atom. The monoisotopic (exact) mass is 1550 g/mol. The fraction of sp³-hybridized carbons (Fsp3) is 0.307. The van der Waals surface area contributed by atoms with E-state index in [0.717, 1.165) is 111 Å². The molecular weight excluding hydrogens is 1450 g/mol. The smallest absolute Gasteiger partial charge is 0.330 e. The van der Waals surface area contributed by atoms with Crippen LogP contribution in [0.3, 0.4) is 0 Å². The summed E-state index contributed by atoms with van der Waals surface area (Å²) < 4.78 is 20.1. The van der Waals surface area contributed by atoms with Crippen LogP contribution in [0.15, 0.2) is 203 Å². The molecule has 0 saturated carbocycles. The van der Waals surface area contributed by atoms with Crippen molar-refractivity contribution in [3.63, 3.8) is 0 Å². The van der Waals surface area contributed by atoms with Gasteiger partial charge in [0.25, 0.3) is 0 Å². The molecule has 0 aliphatic heterocycles. The van der Waals surface area contributed by atoms with Gasteiger partial charge < -0.3 is 14.2 Å². The summed E-state index contributed by atoms with van der Waals surface area (Å²) in [5, 5.41) is 28.1. The van der Waals surface area contributed by atoms with Gasteiger partial charge in [0.05, 0.1) is 85.5 Å². The molecule has 12 aromatic rings. The van der Waals surface area contributed by atoms with E-state index in [1.54, 1.807) is 47.2 Å². The Kier molecular flexibility index (Phi) is 32.8. The summed E-state index contributed by atoms with van der Waals surface area (Å²) in [6, 6.07) is 57.4. The number of hydrazone groups is 4. The number of amides is 2. The Balaban J connectivity index is 0.000000170. The molecule has 8 aromatic carbocycles.